The molecule has 0 spiro atoms. The van der Waals surface area contributed by atoms with Gasteiger partial charge in [-0.25, -0.2) is 0 Å². The van der Waals surface area contributed by atoms with Gasteiger partial charge in [-0.3, -0.25) is 4.90 Å². The third-order valence-corrected chi connectivity index (χ3v) is 3.54. The Balaban J connectivity index is 1.61. The van der Waals surface area contributed by atoms with Crippen LogP contribution in [0.4, 0.5) is 0 Å². The number of benzene rings is 1. The van der Waals surface area contributed by atoms with E-state index in [9.17, 15) is 0 Å². The van der Waals surface area contributed by atoms with Crippen molar-refractivity contribution in [2.24, 2.45) is 5.92 Å². The lowest BCUT2D eigenvalue weighted by molar-refractivity contribution is -0.176. The first-order valence-electron chi connectivity index (χ1n) is 6.89. The number of rotatable bonds is 8. The minimum absolute atomic E-state index is 0.519. The van der Waals surface area contributed by atoms with Gasteiger partial charge in [0.05, 0.1) is 20.8 Å². The second-order valence-corrected chi connectivity index (χ2v) is 5.22. The third-order valence-electron chi connectivity index (χ3n) is 3.54. The van der Waals surface area contributed by atoms with E-state index in [0.717, 1.165) is 32.0 Å². The molecule has 0 bridgehead atoms. The third kappa shape index (κ3) is 4.45. The molecule has 5 heteroatoms. The highest BCUT2D eigenvalue weighted by atomic mass is 16.7. The first kappa shape index (κ1) is 15.3. The van der Waals surface area contributed by atoms with Gasteiger partial charge in [0.1, 0.15) is 12.5 Å². The monoisotopic (exact) mass is 280 g/mol. The Kier molecular flexibility index (Phi) is 5.79. The molecule has 0 aliphatic carbocycles. The van der Waals surface area contributed by atoms with E-state index in [1.54, 1.807) is 19.3 Å². The number of likely N-dealkylation sites (tertiary alicyclic amines) is 1. The van der Waals surface area contributed by atoms with Gasteiger partial charge in [0.15, 0.2) is 0 Å². The second-order valence-electron chi connectivity index (χ2n) is 5.22. The Bertz CT molecular complexity index is 391. The van der Waals surface area contributed by atoms with Crippen molar-refractivity contribution in [1.29, 1.82) is 0 Å². The largest absolute Gasteiger partial charge is 0.497 e. The van der Waals surface area contributed by atoms with Gasteiger partial charge in [-0.15, -0.1) is 0 Å². The van der Waals surface area contributed by atoms with E-state index < -0.39 is 0 Å². The van der Waals surface area contributed by atoms with Crippen LogP contribution in [-0.2, 0) is 16.1 Å². The van der Waals surface area contributed by atoms with Crippen LogP contribution in [-0.4, -0.2) is 57.7 Å². The van der Waals surface area contributed by atoms with Crippen LogP contribution in [0.25, 0.3) is 0 Å². The summed E-state index contributed by atoms with van der Waals surface area (Å²) in [6.45, 7) is 4.52. The van der Waals surface area contributed by atoms with E-state index in [0.29, 0.717) is 12.6 Å². The summed E-state index contributed by atoms with van der Waals surface area (Å²) in [6.07, 6.45) is 0. The molecule has 112 valence electrons. The van der Waals surface area contributed by atoms with Gasteiger partial charge in [-0.1, -0.05) is 12.1 Å². The zero-order valence-corrected chi connectivity index (χ0v) is 12.5. The van der Waals surface area contributed by atoms with Crippen molar-refractivity contribution in [3.8, 4) is 5.75 Å². The Morgan fingerprint density at radius 2 is 1.90 bits per heavy atom. The number of methoxy groups -OCH3 is 1. The lowest BCUT2D eigenvalue weighted by Crippen LogP contribution is -2.48. The highest BCUT2D eigenvalue weighted by Crippen LogP contribution is 2.20. The smallest absolute Gasteiger partial charge is 0.122 e. The zero-order chi connectivity index (χ0) is 14.4. The highest BCUT2D eigenvalue weighted by Gasteiger charge is 2.26. The molecule has 0 atom stereocenters. The Morgan fingerprint density at radius 1 is 1.20 bits per heavy atom. The molecule has 20 heavy (non-hydrogen) atoms. The van der Waals surface area contributed by atoms with Crippen molar-refractivity contribution >= 4 is 0 Å². The molecule has 1 heterocycles. The Morgan fingerprint density at radius 3 is 2.50 bits per heavy atom. The molecular weight excluding hydrogens is 256 g/mol. The number of hydrogen-bond donors (Lipinski definition) is 0. The average Bonchev–Trinajstić information content (AvgIpc) is 2.44. The minimum Gasteiger partial charge on any atom is -0.497 e. The van der Waals surface area contributed by atoms with Crippen LogP contribution >= 0.6 is 0 Å². The van der Waals surface area contributed by atoms with Crippen LogP contribution in [0.3, 0.4) is 0 Å². The minimum atomic E-state index is 0.519. The number of hydrogen-bond acceptors (Lipinski definition) is 5. The van der Waals surface area contributed by atoms with Gasteiger partial charge in [-0.05, 0) is 17.7 Å². The fourth-order valence-electron chi connectivity index (χ4n) is 2.30. The quantitative estimate of drug-likeness (QED) is 0.534. The van der Waals surface area contributed by atoms with Crippen LogP contribution in [0.15, 0.2) is 24.3 Å². The SMILES string of the molecule is COc1ccc(CN2CC(COCN(C)OC)C2)cc1. The predicted octanol–water partition coefficient (Wildman–Crippen LogP) is 1.59. The predicted molar refractivity (Wildman–Crippen MR) is 77.4 cm³/mol. The maximum absolute atomic E-state index is 5.58. The first-order chi connectivity index (χ1) is 9.71. The molecule has 0 radical (unpaired) electrons. The summed E-state index contributed by atoms with van der Waals surface area (Å²) in [7, 11) is 5.19. The standard InChI is InChI=1S/C15H24N2O3/c1-16(19-3)12-20-11-14-9-17(10-14)8-13-4-6-15(18-2)7-5-13/h4-7,14H,8-12H2,1-3H3. The van der Waals surface area contributed by atoms with Gasteiger partial charge in [0, 0.05) is 32.6 Å². The fourth-order valence-corrected chi connectivity index (χ4v) is 2.30. The van der Waals surface area contributed by atoms with Crippen LogP contribution in [0.1, 0.15) is 5.56 Å². The summed E-state index contributed by atoms with van der Waals surface area (Å²) < 4.78 is 10.7. The van der Waals surface area contributed by atoms with E-state index in [4.69, 9.17) is 14.3 Å². The fraction of sp³-hybridized carbons (Fsp3) is 0.600. The summed E-state index contributed by atoms with van der Waals surface area (Å²) in [5, 5.41) is 1.67. The van der Waals surface area contributed by atoms with Crippen molar-refractivity contribution in [2.45, 2.75) is 6.54 Å². The topological polar surface area (TPSA) is 34.2 Å². The molecular formula is C15H24N2O3. The van der Waals surface area contributed by atoms with Crippen molar-refractivity contribution in [1.82, 2.24) is 9.96 Å². The van der Waals surface area contributed by atoms with Crippen LogP contribution in [0.5, 0.6) is 5.75 Å². The molecule has 1 aromatic carbocycles. The van der Waals surface area contributed by atoms with Crippen LogP contribution in [0, 0.1) is 5.92 Å². The van der Waals surface area contributed by atoms with Gasteiger partial charge < -0.3 is 14.3 Å². The summed E-state index contributed by atoms with van der Waals surface area (Å²) >= 11 is 0. The van der Waals surface area contributed by atoms with Crippen molar-refractivity contribution in [2.75, 3.05) is 47.7 Å². The van der Waals surface area contributed by atoms with E-state index in [1.807, 2.05) is 19.2 Å². The molecule has 1 saturated heterocycles. The first-order valence-corrected chi connectivity index (χ1v) is 6.89. The molecule has 0 unspecified atom stereocenters. The molecule has 1 aromatic rings. The lowest BCUT2D eigenvalue weighted by atomic mass is 10.0. The second kappa shape index (κ2) is 7.59. The Hall–Kier alpha value is -1.14. The van der Waals surface area contributed by atoms with E-state index in [-0.39, 0.29) is 0 Å². The summed E-state index contributed by atoms with van der Waals surface area (Å²) in [6, 6.07) is 8.26. The summed E-state index contributed by atoms with van der Waals surface area (Å²) in [5.74, 6) is 1.55. The zero-order valence-electron chi connectivity index (χ0n) is 12.5. The van der Waals surface area contributed by atoms with Gasteiger partial charge in [0.25, 0.3) is 0 Å². The van der Waals surface area contributed by atoms with Gasteiger partial charge in [-0.2, -0.15) is 5.06 Å². The normalized spacial score (nSPS) is 16.4. The van der Waals surface area contributed by atoms with Gasteiger partial charge in [0.2, 0.25) is 0 Å². The Labute approximate surface area is 121 Å². The van der Waals surface area contributed by atoms with E-state index >= 15 is 0 Å². The number of nitrogens with zero attached hydrogens (tertiary/aromatic N) is 2. The van der Waals surface area contributed by atoms with Crippen molar-refractivity contribution in [3.05, 3.63) is 29.8 Å². The highest BCUT2D eigenvalue weighted by molar-refractivity contribution is 5.27. The average molecular weight is 280 g/mol. The number of ether oxygens (including phenoxy) is 2. The maximum Gasteiger partial charge on any atom is 0.122 e. The molecule has 1 aliphatic heterocycles. The summed E-state index contributed by atoms with van der Waals surface area (Å²) in [4.78, 5) is 7.42. The lowest BCUT2D eigenvalue weighted by Gasteiger charge is -2.39. The summed E-state index contributed by atoms with van der Waals surface area (Å²) in [5.41, 5.74) is 1.32. The molecule has 1 aliphatic rings. The molecule has 0 amide bonds. The van der Waals surface area contributed by atoms with Crippen molar-refractivity contribution < 1.29 is 14.3 Å². The number of hydroxylamine groups is 2. The molecule has 2 rings (SSSR count). The van der Waals surface area contributed by atoms with E-state index in [2.05, 4.69) is 17.0 Å². The molecule has 1 fully saturated rings. The molecule has 0 aromatic heterocycles. The van der Waals surface area contributed by atoms with Crippen molar-refractivity contribution in [3.63, 3.8) is 0 Å². The van der Waals surface area contributed by atoms with E-state index in [1.165, 1.54) is 5.56 Å². The van der Waals surface area contributed by atoms with Crippen LogP contribution < -0.4 is 4.74 Å². The molecule has 0 saturated carbocycles. The molecule has 0 N–H and O–H groups in total. The molecule has 5 nitrogen and oxygen atoms in total. The van der Waals surface area contributed by atoms with Crippen LogP contribution in [0.2, 0.25) is 0 Å². The van der Waals surface area contributed by atoms with Gasteiger partial charge >= 0.3 is 0 Å². The maximum atomic E-state index is 5.58.